The van der Waals surface area contributed by atoms with Crippen LogP contribution in [-0.2, 0) is 6.42 Å². The van der Waals surface area contributed by atoms with Gasteiger partial charge in [0.1, 0.15) is 0 Å². The molecular formula is C21H24O. The van der Waals surface area contributed by atoms with E-state index in [0.29, 0.717) is 6.42 Å². The van der Waals surface area contributed by atoms with Crippen molar-refractivity contribution >= 4 is 16.3 Å². The molecule has 3 rings (SSSR count). The van der Waals surface area contributed by atoms with Crippen molar-refractivity contribution in [2.75, 3.05) is 0 Å². The monoisotopic (exact) mass is 292 g/mol. The van der Waals surface area contributed by atoms with Crippen LogP contribution in [0.25, 0.3) is 16.3 Å². The molecule has 0 radical (unpaired) electrons. The molecule has 2 aromatic rings. The predicted molar refractivity (Wildman–Crippen MR) is 94.9 cm³/mol. The SMILES string of the molecule is CCCCCc1ccc2cc(C3=CCC(O)C=C3)ccc2c1. The summed E-state index contributed by atoms with van der Waals surface area (Å²) >= 11 is 0. The normalized spacial score (nSPS) is 17.7. The number of unbranched alkanes of at least 4 members (excludes halogenated alkanes) is 2. The van der Waals surface area contributed by atoms with Crippen molar-refractivity contribution in [1.82, 2.24) is 0 Å². The summed E-state index contributed by atoms with van der Waals surface area (Å²) in [6.45, 7) is 2.25. The van der Waals surface area contributed by atoms with E-state index in [0.717, 1.165) is 0 Å². The molecule has 0 heterocycles. The van der Waals surface area contributed by atoms with Crippen LogP contribution in [0.1, 0.15) is 43.7 Å². The Balaban J connectivity index is 1.82. The maximum atomic E-state index is 9.53. The Morgan fingerprint density at radius 1 is 1.05 bits per heavy atom. The van der Waals surface area contributed by atoms with Crippen LogP contribution >= 0.6 is 0 Å². The van der Waals surface area contributed by atoms with Gasteiger partial charge in [-0.05, 0) is 52.8 Å². The van der Waals surface area contributed by atoms with Crippen molar-refractivity contribution in [3.63, 3.8) is 0 Å². The second-order valence-corrected chi connectivity index (χ2v) is 6.18. The van der Waals surface area contributed by atoms with Gasteiger partial charge in [0.15, 0.2) is 0 Å². The van der Waals surface area contributed by atoms with Gasteiger partial charge in [-0.25, -0.2) is 0 Å². The van der Waals surface area contributed by atoms with Crippen LogP contribution in [0, 0.1) is 0 Å². The summed E-state index contributed by atoms with van der Waals surface area (Å²) in [6.07, 6.45) is 11.4. The van der Waals surface area contributed by atoms with Crippen LogP contribution in [0.5, 0.6) is 0 Å². The Morgan fingerprint density at radius 3 is 2.64 bits per heavy atom. The molecule has 114 valence electrons. The Labute approximate surface area is 133 Å². The van der Waals surface area contributed by atoms with Crippen molar-refractivity contribution < 1.29 is 5.11 Å². The van der Waals surface area contributed by atoms with Crippen molar-refractivity contribution in [2.24, 2.45) is 0 Å². The number of rotatable bonds is 5. The average molecular weight is 292 g/mol. The van der Waals surface area contributed by atoms with E-state index in [9.17, 15) is 5.11 Å². The summed E-state index contributed by atoms with van der Waals surface area (Å²) in [5.74, 6) is 0. The molecule has 1 aliphatic rings. The van der Waals surface area contributed by atoms with Gasteiger partial charge in [-0.15, -0.1) is 0 Å². The number of hydrogen-bond acceptors (Lipinski definition) is 1. The summed E-state index contributed by atoms with van der Waals surface area (Å²) in [7, 11) is 0. The Kier molecular flexibility index (Phi) is 4.74. The van der Waals surface area contributed by atoms with Gasteiger partial charge in [-0.3, -0.25) is 0 Å². The summed E-state index contributed by atoms with van der Waals surface area (Å²) < 4.78 is 0. The summed E-state index contributed by atoms with van der Waals surface area (Å²) in [6, 6.07) is 13.5. The van der Waals surface area contributed by atoms with E-state index in [1.54, 1.807) is 0 Å². The number of fused-ring (bicyclic) bond motifs is 1. The molecule has 1 N–H and O–H groups in total. The third-order valence-electron chi connectivity index (χ3n) is 4.38. The van der Waals surface area contributed by atoms with Gasteiger partial charge in [-0.2, -0.15) is 0 Å². The van der Waals surface area contributed by atoms with Crippen LogP contribution in [-0.4, -0.2) is 11.2 Å². The summed E-state index contributed by atoms with van der Waals surface area (Å²) in [4.78, 5) is 0. The zero-order valence-corrected chi connectivity index (χ0v) is 13.3. The van der Waals surface area contributed by atoms with Gasteiger partial charge in [-0.1, -0.05) is 68.3 Å². The number of hydrogen-bond donors (Lipinski definition) is 1. The van der Waals surface area contributed by atoms with Gasteiger partial charge < -0.3 is 5.11 Å². The van der Waals surface area contributed by atoms with Crippen LogP contribution in [0.2, 0.25) is 0 Å². The molecule has 0 saturated carbocycles. The highest BCUT2D eigenvalue weighted by Gasteiger charge is 2.07. The lowest BCUT2D eigenvalue weighted by atomic mass is 9.95. The van der Waals surface area contributed by atoms with Gasteiger partial charge in [0.05, 0.1) is 6.10 Å². The smallest absolute Gasteiger partial charge is 0.0758 e. The second kappa shape index (κ2) is 6.93. The molecule has 0 spiro atoms. The van der Waals surface area contributed by atoms with Crippen molar-refractivity contribution in [3.05, 3.63) is 65.8 Å². The minimum atomic E-state index is -0.324. The van der Waals surface area contributed by atoms with Gasteiger partial charge in [0.25, 0.3) is 0 Å². The Bertz CT molecular complexity index is 709. The molecule has 0 aromatic heterocycles. The zero-order chi connectivity index (χ0) is 15.4. The largest absolute Gasteiger partial charge is 0.389 e. The van der Waals surface area contributed by atoms with Crippen LogP contribution < -0.4 is 0 Å². The first-order valence-electron chi connectivity index (χ1n) is 8.36. The number of aliphatic hydroxyl groups excluding tert-OH is 1. The predicted octanol–water partition coefficient (Wildman–Crippen LogP) is 5.28. The molecule has 2 aromatic carbocycles. The first-order chi connectivity index (χ1) is 10.8. The molecule has 1 unspecified atom stereocenters. The van der Waals surface area contributed by atoms with Crippen LogP contribution in [0.15, 0.2) is 54.6 Å². The highest BCUT2D eigenvalue weighted by molar-refractivity contribution is 5.88. The lowest BCUT2D eigenvalue weighted by Gasteiger charge is -2.12. The molecule has 1 heteroatoms. The minimum Gasteiger partial charge on any atom is -0.389 e. The molecular weight excluding hydrogens is 268 g/mol. The van der Waals surface area contributed by atoms with Crippen LogP contribution in [0.3, 0.4) is 0 Å². The van der Waals surface area contributed by atoms with E-state index in [1.165, 1.54) is 53.2 Å². The van der Waals surface area contributed by atoms with E-state index >= 15 is 0 Å². The Hall–Kier alpha value is -1.86. The van der Waals surface area contributed by atoms with Crippen molar-refractivity contribution in [1.29, 1.82) is 0 Å². The van der Waals surface area contributed by atoms with Crippen molar-refractivity contribution in [2.45, 2.75) is 45.1 Å². The van der Waals surface area contributed by atoms with E-state index in [-0.39, 0.29) is 6.10 Å². The molecule has 1 nitrogen and oxygen atoms in total. The number of benzene rings is 2. The topological polar surface area (TPSA) is 20.2 Å². The van der Waals surface area contributed by atoms with E-state index < -0.39 is 0 Å². The maximum absolute atomic E-state index is 9.53. The van der Waals surface area contributed by atoms with E-state index in [2.05, 4.69) is 49.4 Å². The lowest BCUT2D eigenvalue weighted by molar-refractivity contribution is 0.226. The molecule has 0 fully saturated rings. The fraction of sp³-hybridized carbons (Fsp3) is 0.333. The van der Waals surface area contributed by atoms with Gasteiger partial charge in [0, 0.05) is 0 Å². The molecule has 0 saturated heterocycles. The molecule has 0 bridgehead atoms. The number of aliphatic hydroxyl groups is 1. The summed E-state index contributed by atoms with van der Waals surface area (Å²) in [5, 5.41) is 12.1. The van der Waals surface area contributed by atoms with Gasteiger partial charge >= 0.3 is 0 Å². The fourth-order valence-corrected chi connectivity index (χ4v) is 3.03. The first kappa shape index (κ1) is 15.1. The molecule has 1 aliphatic carbocycles. The maximum Gasteiger partial charge on any atom is 0.0758 e. The van der Waals surface area contributed by atoms with Crippen molar-refractivity contribution in [3.8, 4) is 0 Å². The first-order valence-corrected chi connectivity index (χ1v) is 8.36. The third-order valence-corrected chi connectivity index (χ3v) is 4.38. The summed E-state index contributed by atoms with van der Waals surface area (Å²) in [5.41, 5.74) is 3.88. The number of allylic oxidation sites excluding steroid dienone is 2. The highest BCUT2D eigenvalue weighted by Crippen LogP contribution is 2.26. The average Bonchev–Trinajstić information content (AvgIpc) is 2.55. The molecule has 1 atom stereocenters. The second-order valence-electron chi connectivity index (χ2n) is 6.18. The Morgan fingerprint density at radius 2 is 1.86 bits per heavy atom. The number of aryl methyl sites for hydroxylation is 1. The molecule has 22 heavy (non-hydrogen) atoms. The van der Waals surface area contributed by atoms with Gasteiger partial charge in [0.2, 0.25) is 0 Å². The molecule has 0 aliphatic heterocycles. The highest BCUT2D eigenvalue weighted by atomic mass is 16.3. The standard InChI is InChI=1S/C21H24O/c1-2-3-4-5-16-6-7-20-15-19(9-8-18(20)14-16)17-10-12-21(22)13-11-17/h6-12,14-15,21-22H,2-5,13H2,1H3. The minimum absolute atomic E-state index is 0.324. The quantitative estimate of drug-likeness (QED) is 0.744. The fourth-order valence-electron chi connectivity index (χ4n) is 3.03. The zero-order valence-electron chi connectivity index (χ0n) is 13.3. The third kappa shape index (κ3) is 3.48. The van der Waals surface area contributed by atoms with E-state index in [1.807, 2.05) is 12.2 Å². The van der Waals surface area contributed by atoms with Crippen LogP contribution in [0.4, 0.5) is 0 Å². The lowest BCUT2D eigenvalue weighted by Crippen LogP contribution is -2.03. The van der Waals surface area contributed by atoms with E-state index in [4.69, 9.17) is 0 Å². The molecule has 0 amide bonds.